The van der Waals surface area contributed by atoms with Crippen molar-refractivity contribution in [3.8, 4) is 0 Å². The summed E-state index contributed by atoms with van der Waals surface area (Å²) in [7, 11) is 0. The van der Waals surface area contributed by atoms with E-state index in [9.17, 15) is 9.18 Å². The minimum Gasteiger partial charge on any atom is -0.339 e. The zero-order valence-electron chi connectivity index (χ0n) is 13.7. The molecule has 0 aliphatic rings. The highest BCUT2D eigenvalue weighted by atomic mass is 19.1. The molecule has 0 spiro atoms. The molecule has 25 heavy (non-hydrogen) atoms. The summed E-state index contributed by atoms with van der Waals surface area (Å²) in [5, 5.41) is 5.70. The van der Waals surface area contributed by atoms with Gasteiger partial charge in [0.15, 0.2) is 0 Å². The van der Waals surface area contributed by atoms with Gasteiger partial charge in [0.25, 0.3) is 5.91 Å². The molecule has 3 rings (SSSR count). The molecule has 6 heteroatoms. The third kappa shape index (κ3) is 4.38. The first-order valence-corrected chi connectivity index (χ1v) is 7.89. The maximum absolute atomic E-state index is 13.1. The molecule has 2 aromatic carbocycles. The van der Waals surface area contributed by atoms with Crippen LogP contribution in [0.4, 0.5) is 21.6 Å². The topological polar surface area (TPSA) is 66.9 Å². The summed E-state index contributed by atoms with van der Waals surface area (Å²) in [6.07, 6.45) is 3.83. The largest absolute Gasteiger partial charge is 0.339 e. The minimum atomic E-state index is -0.447. The molecular formula is C19H17FN4O. The number of halogens is 1. The van der Waals surface area contributed by atoms with Crippen LogP contribution in [0, 0.1) is 5.82 Å². The first-order chi connectivity index (χ1) is 12.1. The van der Waals surface area contributed by atoms with Crippen LogP contribution in [-0.2, 0) is 6.42 Å². The summed E-state index contributed by atoms with van der Waals surface area (Å²) in [5.41, 5.74) is 2.66. The molecule has 0 aliphatic heterocycles. The summed E-state index contributed by atoms with van der Waals surface area (Å²) in [6, 6.07) is 13.7. The van der Waals surface area contributed by atoms with Crippen molar-refractivity contribution < 1.29 is 9.18 Å². The first-order valence-electron chi connectivity index (χ1n) is 7.89. The van der Waals surface area contributed by atoms with E-state index >= 15 is 0 Å². The molecule has 1 amide bonds. The molecule has 5 nitrogen and oxygen atoms in total. The number of aromatic nitrogens is 2. The van der Waals surface area contributed by atoms with Gasteiger partial charge >= 0.3 is 0 Å². The lowest BCUT2D eigenvalue weighted by Gasteiger charge is -2.07. The summed E-state index contributed by atoms with van der Waals surface area (Å²) >= 11 is 0. The number of carbonyl (C=O) groups is 1. The van der Waals surface area contributed by atoms with Gasteiger partial charge in [0, 0.05) is 11.4 Å². The van der Waals surface area contributed by atoms with E-state index in [0.717, 1.165) is 12.1 Å². The number of hydrogen-bond donors (Lipinski definition) is 2. The summed E-state index contributed by atoms with van der Waals surface area (Å²) in [6.45, 7) is 2.10. The van der Waals surface area contributed by atoms with Crippen LogP contribution in [-0.4, -0.2) is 15.9 Å². The molecule has 1 heterocycles. The normalized spacial score (nSPS) is 10.3. The Morgan fingerprint density at radius 1 is 1.04 bits per heavy atom. The number of nitrogens with one attached hydrogen (secondary N) is 2. The summed E-state index contributed by atoms with van der Waals surface area (Å²) < 4.78 is 13.1. The number of benzene rings is 2. The Kier molecular flexibility index (Phi) is 4.99. The first kappa shape index (κ1) is 16.6. The van der Waals surface area contributed by atoms with Crippen molar-refractivity contribution in [2.24, 2.45) is 0 Å². The van der Waals surface area contributed by atoms with Gasteiger partial charge in [0.1, 0.15) is 17.3 Å². The lowest BCUT2D eigenvalue weighted by molar-refractivity contribution is 0.102. The maximum Gasteiger partial charge on any atom is 0.275 e. The molecule has 0 saturated heterocycles. The second kappa shape index (κ2) is 7.53. The monoisotopic (exact) mass is 336 g/mol. The van der Waals surface area contributed by atoms with E-state index in [0.29, 0.717) is 11.5 Å². The van der Waals surface area contributed by atoms with Crippen LogP contribution in [0.1, 0.15) is 23.0 Å². The number of aryl methyl sites for hydroxylation is 1. The average Bonchev–Trinajstić information content (AvgIpc) is 2.63. The van der Waals surface area contributed by atoms with Crippen molar-refractivity contribution in [1.29, 1.82) is 0 Å². The van der Waals surface area contributed by atoms with E-state index in [1.807, 2.05) is 24.3 Å². The standard InChI is InChI=1S/C19H17FN4O/c1-2-13-6-8-15(9-7-13)23-18-12-21-17(11-22-18)19(25)24-16-5-3-4-14(20)10-16/h3-12H,2H2,1H3,(H,22,23)(H,24,25). The number of amides is 1. The molecule has 1 aromatic heterocycles. The molecular weight excluding hydrogens is 319 g/mol. The Morgan fingerprint density at radius 2 is 1.84 bits per heavy atom. The Hall–Kier alpha value is -3.28. The Labute approximate surface area is 145 Å². The molecule has 0 radical (unpaired) electrons. The fourth-order valence-electron chi connectivity index (χ4n) is 2.24. The van der Waals surface area contributed by atoms with E-state index in [1.54, 1.807) is 6.07 Å². The van der Waals surface area contributed by atoms with Crippen molar-refractivity contribution in [1.82, 2.24) is 9.97 Å². The average molecular weight is 336 g/mol. The molecule has 0 saturated carbocycles. The van der Waals surface area contributed by atoms with Crippen molar-refractivity contribution in [2.75, 3.05) is 10.6 Å². The highest BCUT2D eigenvalue weighted by molar-refractivity contribution is 6.02. The SMILES string of the molecule is CCc1ccc(Nc2cnc(C(=O)Nc3cccc(F)c3)cn2)cc1. The van der Waals surface area contributed by atoms with Crippen LogP contribution in [0.3, 0.4) is 0 Å². The Bertz CT molecular complexity index is 863. The smallest absolute Gasteiger partial charge is 0.275 e. The number of carbonyl (C=O) groups excluding carboxylic acids is 1. The Morgan fingerprint density at radius 3 is 2.48 bits per heavy atom. The number of nitrogens with zero attached hydrogens (tertiary/aromatic N) is 2. The van der Waals surface area contributed by atoms with E-state index in [-0.39, 0.29) is 5.69 Å². The highest BCUT2D eigenvalue weighted by Gasteiger charge is 2.09. The van der Waals surface area contributed by atoms with Gasteiger partial charge in [0.05, 0.1) is 12.4 Å². The molecule has 0 fully saturated rings. The third-order valence-electron chi connectivity index (χ3n) is 3.60. The van der Waals surface area contributed by atoms with Gasteiger partial charge in [-0.3, -0.25) is 4.79 Å². The highest BCUT2D eigenvalue weighted by Crippen LogP contribution is 2.15. The number of rotatable bonds is 5. The number of hydrogen-bond acceptors (Lipinski definition) is 4. The van der Waals surface area contributed by atoms with Crippen LogP contribution in [0.15, 0.2) is 60.9 Å². The van der Waals surface area contributed by atoms with Gasteiger partial charge < -0.3 is 10.6 Å². The maximum atomic E-state index is 13.1. The van der Waals surface area contributed by atoms with E-state index in [4.69, 9.17) is 0 Å². The van der Waals surface area contributed by atoms with Gasteiger partial charge in [-0.15, -0.1) is 0 Å². The van der Waals surface area contributed by atoms with E-state index in [1.165, 1.54) is 36.2 Å². The van der Waals surface area contributed by atoms with E-state index < -0.39 is 11.7 Å². The van der Waals surface area contributed by atoms with Gasteiger partial charge in [0.2, 0.25) is 0 Å². The van der Waals surface area contributed by atoms with Crippen molar-refractivity contribution in [2.45, 2.75) is 13.3 Å². The fraction of sp³-hybridized carbons (Fsp3) is 0.105. The van der Waals surface area contributed by atoms with Crippen LogP contribution >= 0.6 is 0 Å². The lowest BCUT2D eigenvalue weighted by atomic mass is 10.1. The summed E-state index contributed by atoms with van der Waals surface area (Å²) in [4.78, 5) is 20.4. The second-order valence-electron chi connectivity index (χ2n) is 5.43. The molecule has 3 aromatic rings. The van der Waals surface area contributed by atoms with Crippen molar-refractivity contribution in [3.63, 3.8) is 0 Å². The quantitative estimate of drug-likeness (QED) is 0.734. The van der Waals surface area contributed by atoms with Crippen LogP contribution in [0.5, 0.6) is 0 Å². The van der Waals surface area contributed by atoms with Crippen molar-refractivity contribution in [3.05, 3.63) is 78.0 Å². The third-order valence-corrected chi connectivity index (χ3v) is 3.60. The molecule has 0 atom stereocenters. The lowest BCUT2D eigenvalue weighted by Crippen LogP contribution is -2.14. The van der Waals surface area contributed by atoms with Gasteiger partial charge in [-0.1, -0.05) is 25.1 Å². The van der Waals surface area contributed by atoms with Crippen molar-refractivity contribution >= 4 is 23.1 Å². The van der Waals surface area contributed by atoms with Crippen LogP contribution in [0.25, 0.3) is 0 Å². The molecule has 0 unspecified atom stereocenters. The minimum absolute atomic E-state index is 0.149. The predicted octanol–water partition coefficient (Wildman–Crippen LogP) is 4.17. The van der Waals surface area contributed by atoms with Gasteiger partial charge in [-0.25, -0.2) is 14.4 Å². The predicted molar refractivity (Wildman–Crippen MR) is 95.5 cm³/mol. The molecule has 126 valence electrons. The Balaban J connectivity index is 1.65. The van der Waals surface area contributed by atoms with Crippen LogP contribution in [0.2, 0.25) is 0 Å². The zero-order chi connectivity index (χ0) is 17.6. The van der Waals surface area contributed by atoms with Crippen LogP contribution < -0.4 is 10.6 Å². The second-order valence-corrected chi connectivity index (χ2v) is 5.43. The number of anilines is 3. The fourth-order valence-corrected chi connectivity index (χ4v) is 2.24. The molecule has 0 bridgehead atoms. The zero-order valence-corrected chi connectivity index (χ0v) is 13.7. The molecule has 0 aliphatic carbocycles. The van der Waals surface area contributed by atoms with Gasteiger partial charge in [-0.2, -0.15) is 0 Å². The van der Waals surface area contributed by atoms with E-state index in [2.05, 4.69) is 27.5 Å². The van der Waals surface area contributed by atoms with Gasteiger partial charge in [-0.05, 0) is 42.3 Å². The summed E-state index contributed by atoms with van der Waals surface area (Å²) in [5.74, 6) is -0.332. The molecule has 2 N–H and O–H groups in total.